The third kappa shape index (κ3) is 6.58. The zero-order valence-electron chi connectivity index (χ0n) is 32.2. The molecule has 0 spiro atoms. The molecule has 6 aliphatic rings. The monoisotopic (exact) mass is 692 g/mol. The van der Waals surface area contributed by atoms with Crippen molar-refractivity contribution in [2.75, 3.05) is 32.4 Å². The van der Waals surface area contributed by atoms with E-state index in [9.17, 15) is 13.7 Å². The van der Waals surface area contributed by atoms with Gasteiger partial charge < -0.3 is 10.2 Å². The van der Waals surface area contributed by atoms with Gasteiger partial charge in [0.2, 0.25) is 0 Å². The van der Waals surface area contributed by atoms with Gasteiger partial charge in [-0.05, 0) is 155 Å². The van der Waals surface area contributed by atoms with Crippen LogP contribution in [0, 0.1) is 69.0 Å². The fraction of sp³-hybridized carbons (Fsp3) is 0.837. The summed E-state index contributed by atoms with van der Waals surface area (Å²) in [7, 11) is -2.94. The average molecular weight is 692 g/mol. The van der Waals surface area contributed by atoms with Crippen LogP contribution in [0.4, 0.5) is 0 Å². The number of rotatable bonds is 10. The summed E-state index contributed by atoms with van der Waals surface area (Å²) >= 11 is 0. The van der Waals surface area contributed by atoms with Crippen LogP contribution in [-0.4, -0.2) is 56.5 Å². The third-order valence-corrected chi connectivity index (χ3v) is 18.2. The molecule has 274 valence electrons. The van der Waals surface area contributed by atoms with E-state index in [2.05, 4.69) is 82.6 Å². The largest absolute Gasteiger partial charge is 0.310 e. The lowest BCUT2D eigenvalue weighted by molar-refractivity contribution is -0.214. The smallest absolute Gasteiger partial charge is 0.150 e. The van der Waals surface area contributed by atoms with E-state index in [4.69, 9.17) is 0 Å². The Morgan fingerprint density at radius 2 is 1.73 bits per heavy atom. The van der Waals surface area contributed by atoms with Gasteiger partial charge in [-0.2, -0.15) is 5.26 Å². The normalized spacial score (nSPS) is 43.0. The van der Waals surface area contributed by atoms with Crippen LogP contribution in [0.15, 0.2) is 36.0 Å². The van der Waals surface area contributed by atoms with Crippen molar-refractivity contribution in [3.05, 3.63) is 36.0 Å². The second kappa shape index (κ2) is 13.9. The maximum atomic E-state index is 12.1. The van der Waals surface area contributed by atoms with Gasteiger partial charge in [-0.3, -0.25) is 0 Å². The van der Waals surface area contributed by atoms with Crippen LogP contribution < -0.4 is 5.32 Å². The summed E-state index contributed by atoms with van der Waals surface area (Å²) in [4.78, 5) is 2.50. The molecule has 49 heavy (non-hydrogen) atoms. The Balaban J connectivity index is 1.20. The summed E-state index contributed by atoms with van der Waals surface area (Å²) in [5, 5.41) is 13.3. The van der Waals surface area contributed by atoms with E-state index in [0.717, 1.165) is 76.0 Å². The minimum atomic E-state index is -2.94. The first-order valence-electron chi connectivity index (χ1n) is 20.1. The van der Waals surface area contributed by atoms with Crippen LogP contribution in [0.5, 0.6) is 0 Å². The molecule has 6 rings (SSSR count). The van der Waals surface area contributed by atoms with Crippen molar-refractivity contribution in [3.8, 4) is 6.07 Å². The SMILES string of the molecule is C=C(C)C1CCC2(NCCN3CCC(S(C)(=O)=O)CC3)CCC3(C)C(CCC4C(C)(CC=CC=C5CC(C#N)C5)C(C(C)C)CCC43C)C12. The number of fused-ring (bicyclic) bond motifs is 5. The Labute approximate surface area is 300 Å². The van der Waals surface area contributed by atoms with Gasteiger partial charge in [0.15, 0.2) is 0 Å². The lowest BCUT2D eigenvalue weighted by atomic mass is 9.34. The topological polar surface area (TPSA) is 73.2 Å². The molecule has 5 saturated carbocycles. The highest BCUT2D eigenvalue weighted by atomic mass is 32.2. The summed E-state index contributed by atoms with van der Waals surface area (Å²) in [5.41, 5.74) is 3.98. The molecule has 0 amide bonds. The van der Waals surface area contributed by atoms with Crippen LogP contribution in [0.3, 0.4) is 0 Å². The summed E-state index contributed by atoms with van der Waals surface area (Å²) in [6.45, 7) is 23.8. The van der Waals surface area contributed by atoms with Crippen LogP contribution in [0.1, 0.15) is 125 Å². The van der Waals surface area contributed by atoms with Crippen molar-refractivity contribution < 1.29 is 8.42 Å². The Bertz CT molecular complexity index is 1440. The maximum Gasteiger partial charge on any atom is 0.150 e. The summed E-state index contributed by atoms with van der Waals surface area (Å²) < 4.78 is 24.2. The molecule has 0 aromatic rings. The van der Waals surface area contributed by atoms with Crippen molar-refractivity contribution in [1.29, 1.82) is 5.26 Å². The Morgan fingerprint density at radius 3 is 2.37 bits per heavy atom. The molecular formula is C43H69N3O2S. The second-order valence-electron chi connectivity index (χ2n) is 19.1. The number of hydrogen-bond acceptors (Lipinski definition) is 5. The number of likely N-dealkylation sites (tertiary alicyclic amines) is 1. The van der Waals surface area contributed by atoms with Crippen LogP contribution >= 0.6 is 0 Å². The molecule has 0 bridgehead atoms. The van der Waals surface area contributed by atoms with E-state index in [0.29, 0.717) is 34.0 Å². The summed E-state index contributed by atoms with van der Waals surface area (Å²) in [6, 6.07) is 2.42. The van der Waals surface area contributed by atoms with Crippen molar-refractivity contribution in [3.63, 3.8) is 0 Å². The molecule has 5 aliphatic carbocycles. The number of piperidine rings is 1. The van der Waals surface area contributed by atoms with Crippen molar-refractivity contribution >= 4 is 9.84 Å². The highest BCUT2D eigenvalue weighted by Crippen LogP contribution is 2.74. The first-order chi connectivity index (χ1) is 23.1. The van der Waals surface area contributed by atoms with Gasteiger partial charge in [0.25, 0.3) is 0 Å². The molecular weight excluding hydrogens is 623 g/mol. The molecule has 9 unspecified atom stereocenters. The molecule has 9 atom stereocenters. The van der Waals surface area contributed by atoms with Crippen LogP contribution in [0.2, 0.25) is 0 Å². The minimum Gasteiger partial charge on any atom is -0.310 e. The van der Waals surface area contributed by atoms with E-state index < -0.39 is 9.84 Å². The average Bonchev–Trinajstić information content (AvgIpc) is 3.40. The third-order valence-electron chi connectivity index (χ3n) is 16.5. The summed E-state index contributed by atoms with van der Waals surface area (Å²) in [6.07, 6.45) is 23.7. The van der Waals surface area contributed by atoms with Crippen molar-refractivity contribution in [2.45, 2.75) is 136 Å². The van der Waals surface area contributed by atoms with Gasteiger partial charge in [-0.1, -0.05) is 70.6 Å². The highest BCUT2D eigenvalue weighted by molar-refractivity contribution is 7.91. The Kier molecular flexibility index (Phi) is 10.6. The van der Waals surface area contributed by atoms with Gasteiger partial charge in [0, 0.05) is 24.9 Å². The lowest BCUT2D eigenvalue weighted by Gasteiger charge is -2.71. The van der Waals surface area contributed by atoms with E-state index >= 15 is 0 Å². The van der Waals surface area contributed by atoms with Gasteiger partial charge in [-0.25, -0.2) is 8.42 Å². The number of nitrogens with one attached hydrogen (secondary N) is 1. The van der Waals surface area contributed by atoms with Crippen molar-refractivity contribution in [1.82, 2.24) is 10.2 Å². The standard InChI is InChI=1S/C43H69N3O2S/c1-30(2)35-14-20-43(45-23-26-46-24-16-34(17-25-46)49(8,47)48)22-21-41(6)37(39(35)43)12-13-38-40(5,36(31(3)4)15-19-42(38,41)7)18-10-9-11-32-27-33(28-32)29-44/h9-11,31,33-39,45H,1,12-28H2,2-8H3. The predicted molar refractivity (Wildman–Crippen MR) is 204 cm³/mol. The quantitative estimate of drug-likeness (QED) is 0.232. The molecule has 0 aromatic carbocycles. The second-order valence-corrected chi connectivity index (χ2v) is 21.5. The van der Waals surface area contributed by atoms with Crippen molar-refractivity contribution in [2.24, 2.45) is 57.7 Å². The van der Waals surface area contributed by atoms with E-state index in [1.165, 1.54) is 68.8 Å². The zero-order chi connectivity index (χ0) is 35.4. The molecule has 6 fully saturated rings. The van der Waals surface area contributed by atoms with E-state index in [1.807, 2.05) is 0 Å². The fourth-order valence-corrected chi connectivity index (χ4v) is 14.7. The van der Waals surface area contributed by atoms with Crippen LogP contribution in [-0.2, 0) is 9.84 Å². The first kappa shape index (κ1) is 37.3. The summed E-state index contributed by atoms with van der Waals surface area (Å²) in [5.74, 6) is 4.37. The molecule has 1 N–H and O–H groups in total. The molecule has 1 saturated heterocycles. The van der Waals surface area contributed by atoms with Gasteiger partial charge in [0.05, 0.1) is 17.2 Å². The molecule has 1 heterocycles. The molecule has 6 heteroatoms. The fourth-order valence-electron chi connectivity index (χ4n) is 13.6. The van der Waals surface area contributed by atoms with E-state index in [-0.39, 0.29) is 16.7 Å². The number of nitrogens with zero attached hydrogens (tertiary/aromatic N) is 2. The zero-order valence-corrected chi connectivity index (χ0v) is 33.0. The molecule has 1 aliphatic heterocycles. The number of hydrogen-bond donors (Lipinski definition) is 1. The number of allylic oxidation sites excluding steroid dienone is 5. The highest BCUT2D eigenvalue weighted by Gasteiger charge is 2.69. The maximum absolute atomic E-state index is 12.1. The van der Waals surface area contributed by atoms with Gasteiger partial charge >= 0.3 is 0 Å². The number of sulfone groups is 1. The van der Waals surface area contributed by atoms with Crippen LogP contribution in [0.25, 0.3) is 0 Å². The first-order valence-corrected chi connectivity index (χ1v) is 22.1. The predicted octanol–water partition coefficient (Wildman–Crippen LogP) is 9.14. The van der Waals surface area contributed by atoms with Gasteiger partial charge in [0.1, 0.15) is 9.84 Å². The minimum absolute atomic E-state index is 0.158. The lowest BCUT2D eigenvalue weighted by Crippen LogP contribution is -2.67. The molecule has 0 radical (unpaired) electrons. The molecule has 5 nitrogen and oxygen atoms in total. The van der Waals surface area contributed by atoms with Gasteiger partial charge in [-0.15, -0.1) is 0 Å². The number of nitriles is 1. The Hall–Kier alpha value is -1.42. The molecule has 0 aromatic heterocycles. The van der Waals surface area contributed by atoms with E-state index in [1.54, 1.807) is 0 Å². The Morgan fingerprint density at radius 1 is 1.02 bits per heavy atom.